The van der Waals surface area contributed by atoms with Crippen molar-refractivity contribution in [2.75, 3.05) is 5.75 Å². The molecule has 0 bridgehead atoms. The summed E-state index contributed by atoms with van der Waals surface area (Å²) in [5.41, 5.74) is 0.734. The van der Waals surface area contributed by atoms with E-state index in [0.29, 0.717) is 0 Å². The summed E-state index contributed by atoms with van der Waals surface area (Å²) < 4.78 is 0. The molecule has 0 N–H and O–H groups in total. The SMILES string of the molecule is CCC(C)CSc1ccc(C#N)cc1. The van der Waals surface area contributed by atoms with Crippen molar-refractivity contribution >= 4 is 11.8 Å². The highest BCUT2D eigenvalue weighted by molar-refractivity contribution is 7.99. The second-order valence-corrected chi connectivity index (χ2v) is 4.55. The summed E-state index contributed by atoms with van der Waals surface area (Å²) in [4.78, 5) is 1.25. The van der Waals surface area contributed by atoms with Crippen molar-refractivity contribution in [2.45, 2.75) is 25.2 Å². The normalized spacial score (nSPS) is 12.1. The molecule has 1 aromatic rings. The van der Waals surface area contributed by atoms with Crippen molar-refractivity contribution in [2.24, 2.45) is 5.92 Å². The zero-order valence-corrected chi connectivity index (χ0v) is 9.47. The Bertz CT molecular complexity index is 310. The van der Waals surface area contributed by atoms with Gasteiger partial charge in [0.15, 0.2) is 0 Å². The molecule has 0 saturated heterocycles. The van der Waals surface area contributed by atoms with E-state index in [2.05, 4.69) is 19.9 Å². The summed E-state index contributed by atoms with van der Waals surface area (Å²) in [6.45, 7) is 4.47. The number of hydrogen-bond donors (Lipinski definition) is 0. The highest BCUT2D eigenvalue weighted by Crippen LogP contribution is 2.21. The first kappa shape index (κ1) is 11.1. The lowest BCUT2D eigenvalue weighted by molar-refractivity contribution is 0.637. The molecule has 0 aliphatic carbocycles. The Hall–Kier alpha value is -0.940. The van der Waals surface area contributed by atoms with Gasteiger partial charge in [0.1, 0.15) is 0 Å². The minimum Gasteiger partial charge on any atom is -0.192 e. The van der Waals surface area contributed by atoms with E-state index in [1.807, 2.05) is 36.0 Å². The summed E-state index contributed by atoms with van der Waals surface area (Å²) in [6.07, 6.45) is 1.23. The molecule has 0 spiro atoms. The monoisotopic (exact) mass is 205 g/mol. The molecule has 14 heavy (non-hydrogen) atoms. The average molecular weight is 205 g/mol. The third kappa shape index (κ3) is 3.43. The molecule has 0 radical (unpaired) electrons. The molecular weight excluding hydrogens is 190 g/mol. The molecule has 1 atom stereocenters. The molecule has 0 saturated carbocycles. The van der Waals surface area contributed by atoms with Gasteiger partial charge in [-0.2, -0.15) is 5.26 Å². The zero-order chi connectivity index (χ0) is 10.4. The summed E-state index contributed by atoms with van der Waals surface area (Å²) in [7, 11) is 0. The van der Waals surface area contributed by atoms with Gasteiger partial charge in [0, 0.05) is 10.6 Å². The van der Waals surface area contributed by atoms with E-state index < -0.39 is 0 Å². The van der Waals surface area contributed by atoms with Gasteiger partial charge in [0.25, 0.3) is 0 Å². The lowest BCUT2D eigenvalue weighted by atomic mass is 10.2. The number of benzene rings is 1. The molecule has 2 heteroatoms. The van der Waals surface area contributed by atoms with Crippen LogP contribution in [0.3, 0.4) is 0 Å². The van der Waals surface area contributed by atoms with Crippen molar-refractivity contribution < 1.29 is 0 Å². The molecule has 0 aliphatic heterocycles. The minimum atomic E-state index is 0.734. The highest BCUT2D eigenvalue weighted by atomic mass is 32.2. The molecule has 0 amide bonds. The van der Waals surface area contributed by atoms with Gasteiger partial charge in [-0.3, -0.25) is 0 Å². The number of hydrogen-bond acceptors (Lipinski definition) is 2. The number of rotatable bonds is 4. The predicted octanol–water partition coefficient (Wildman–Crippen LogP) is 3.70. The van der Waals surface area contributed by atoms with E-state index in [4.69, 9.17) is 5.26 Å². The summed E-state index contributed by atoms with van der Waals surface area (Å²) in [6, 6.07) is 9.91. The summed E-state index contributed by atoms with van der Waals surface area (Å²) in [5.74, 6) is 1.92. The standard InChI is InChI=1S/C12H15NS/c1-3-10(2)9-14-12-6-4-11(8-13)5-7-12/h4-7,10H,3,9H2,1-2H3. The molecule has 1 unspecified atom stereocenters. The van der Waals surface area contributed by atoms with Crippen LogP contribution in [-0.2, 0) is 0 Å². The van der Waals surface area contributed by atoms with Crippen LogP contribution in [0, 0.1) is 17.2 Å². The zero-order valence-electron chi connectivity index (χ0n) is 8.66. The largest absolute Gasteiger partial charge is 0.192 e. The fourth-order valence-corrected chi connectivity index (χ4v) is 2.02. The Balaban J connectivity index is 2.49. The maximum atomic E-state index is 8.63. The lowest BCUT2D eigenvalue weighted by Gasteiger charge is -2.07. The van der Waals surface area contributed by atoms with E-state index in [0.717, 1.165) is 17.2 Å². The van der Waals surface area contributed by atoms with Crippen molar-refractivity contribution in [1.82, 2.24) is 0 Å². The Morgan fingerprint density at radius 3 is 2.50 bits per heavy atom. The van der Waals surface area contributed by atoms with Crippen LogP contribution >= 0.6 is 11.8 Å². The van der Waals surface area contributed by atoms with Gasteiger partial charge in [0.05, 0.1) is 11.6 Å². The van der Waals surface area contributed by atoms with E-state index in [-0.39, 0.29) is 0 Å². The van der Waals surface area contributed by atoms with Gasteiger partial charge in [-0.15, -0.1) is 11.8 Å². The van der Waals surface area contributed by atoms with E-state index in [9.17, 15) is 0 Å². The molecule has 1 nitrogen and oxygen atoms in total. The first-order valence-corrected chi connectivity index (χ1v) is 5.87. The van der Waals surface area contributed by atoms with Crippen LogP contribution in [0.15, 0.2) is 29.2 Å². The van der Waals surface area contributed by atoms with Crippen molar-refractivity contribution in [3.8, 4) is 6.07 Å². The smallest absolute Gasteiger partial charge is 0.0991 e. The Morgan fingerprint density at radius 1 is 1.36 bits per heavy atom. The molecule has 0 heterocycles. The fourth-order valence-electron chi connectivity index (χ4n) is 0.982. The number of nitrogens with zero attached hydrogens (tertiary/aromatic N) is 1. The number of nitriles is 1. The topological polar surface area (TPSA) is 23.8 Å². The molecule has 0 fully saturated rings. The van der Waals surface area contributed by atoms with Gasteiger partial charge in [-0.25, -0.2) is 0 Å². The van der Waals surface area contributed by atoms with E-state index >= 15 is 0 Å². The quantitative estimate of drug-likeness (QED) is 0.700. The molecule has 74 valence electrons. The molecule has 0 aromatic heterocycles. The Labute approximate surface area is 90.1 Å². The van der Waals surface area contributed by atoms with Crippen LogP contribution in [0.5, 0.6) is 0 Å². The van der Waals surface area contributed by atoms with Crippen LogP contribution in [0.25, 0.3) is 0 Å². The van der Waals surface area contributed by atoms with Crippen LogP contribution < -0.4 is 0 Å². The van der Waals surface area contributed by atoms with Crippen LogP contribution in [-0.4, -0.2) is 5.75 Å². The molecular formula is C12H15NS. The van der Waals surface area contributed by atoms with Gasteiger partial charge in [-0.1, -0.05) is 20.3 Å². The Morgan fingerprint density at radius 2 is 2.00 bits per heavy atom. The maximum Gasteiger partial charge on any atom is 0.0991 e. The second kappa shape index (κ2) is 5.72. The van der Waals surface area contributed by atoms with E-state index in [1.165, 1.54) is 11.3 Å². The van der Waals surface area contributed by atoms with Gasteiger partial charge >= 0.3 is 0 Å². The first-order chi connectivity index (χ1) is 6.76. The highest BCUT2D eigenvalue weighted by Gasteiger charge is 2.00. The average Bonchev–Trinajstić information content (AvgIpc) is 2.26. The third-order valence-electron chi connectivity index (χ3n) is 2.21. The fraction of sp³-hybridized carbons (Fsp3) is 0.417. The second-order valence-electron chi connectivity index (χ2n) is 3.46. The van der Waals surface area contributed by atoms with Gasteiger partial charge in [0.2, 0.25) is 0 Å². The molecule has 0 aliphatic rings. The van der Waals surface area contributed by atoms with E-state index in [1.54, 1.807) is 0 Å². The van der Waals surface area contributed by atoms with Gasteiger partial charge in [-0.05, 0) is 30.2 Å². The third-order valence-corrected chi connectivity index (χ3v) is 3.56. The van der Waals surface area contributed by atoms with Crippen LogP contribution in [0.2, 0.25) is 0 Å². The Kier molecular flexibility index (Phi) is 4.55. The maximum absolute atomic E-state index is 8.63. The summed E-state index contributed by atoms with van der Waals surface area (Å²) in [5, 5.41) is 8.63. The minimum absolute atomic E-state index is 0.734. The molecule has 1 aromatic carbocycles. The van der Waals surface area contributed by atoms with Crippen molar-refractivity contribution in [1.29, 1.82) is 5.26 Å². The van der Waals surface area contributed by atoms with Crippen molar-refractivity contribution in [3.05, 3.63) is 29.8 Å². The van der Waals surface area contributed by atoms with Gasteiger partial charge < -0.3 is 0 Å². The predicted molar refractivity (Wildman–Crippen MR) is 61.3 cm³/mol. The van der Waals surface area contributed by atoms with Crippen molar-refractivity contribution in [3.63, 3.8) is 0 Å². The first-order valence-electron chi connectivity index (χ1n) is 4.89. The number of thioether (sulfide) groups is 1. The lowest BCUT2D eigenvalue weighted by Crippen LogP contribution is -1.94. The van der Waals surface area contributed by atoms with Crippen LogP contribution in [0.1, 0.15) is 25.8 Å². The molecule has 1 rings (SSSR count). The summed E-state index contributed by atoms with van der Waals surface area (Å²) >= 11 is 1.86. The van der Waals surface area contributed by atoms with Crippen LogP contribution in [0.4, 0.5) is 0 Å².